The minimum Gasteiger partial charge on any atom is -0.493 e. The number of para-hydroxylation sites is 1. The van der Waals surface area contributed by atoms with E-state index in [9.17, 15) is 4.79 Å². The molecule has 0 radical (unpaired) electrons. The standard InChI is InChI=1S/C16H25NO4/c1-12(2)17-11-13-7-5-8-14(19-3)16(13)21-10-6-9-15(18)20-4/h5,7-8,12,17H,6,9-11H2,1-4H3. The fourth-order valence-electron chi connectivity index (χ4n) is 1.83. The number of carbonyl (C=O) groups is 1. The van der Waals surface area contributed by atoms with Crippen LogP contribution in [0.4, 0.5) is 0 Å². The van der Waals surface area contributed by atoms with Gasteiger partial charge in [-0.3, -0.25) is 4.79 Å². The first kappa shape index (κ1) is 17.3. The highest BCUT2D eigenvalue weighted by molar-refractivity contribution is 5.69. The Morgan fingerprint density at radius 3 is 2.67 bits per heavy atom. The van der Waals surface area contributed by atoms with Crippen molar-refractivity contribution in [2.45, 2.75) is 39.3 Å². The van der Waals surface area contributed by atoms with Crippen LogP contribution in [-0.4, -0.2) is 32.8 Å². The molecule has 1 rings (SSSR count). The monoisotopic (exact) mass is 295 g/mol. The molecule has 1 aromatic rings. The maximum Gasteiger partial charge on any atom is 0.305 e. The number of benzene rings is 1. The summed E-state index contributed by atoms with van der Waals surface area (Å²) in [7, 11) is 3.01. The minimum atomic E-state index is -0.222. The summed E-state index contributed by atoms with van der Waals surface area (Å²) in [5, 5.41) is 3.36. The number of carbonyl (C=O) groups excluding carboxylic acids is 1. The first-order valence-electron chi connectivity index (χ1n) is 7.17. The van der Waals surface area contributed by atoms with Gasteiger partial charge in [-0.25, -0.2) is 0 Å². The molecule has 118 valence electrons. The van der Waals surface area contributed by atoms with E-state index in [1.807, 2.05) is 18.2 Å². The second-order valence-corrected chi connectivity index (χ2v) is 5.01. The molecule has 0 bridgehead atoms. The molecule has 0 fully saturated rings. The second kappa shape index (κ2) is 9.23. The van der Waals surface area contributed by atoms with E-state index >= 15 is 0 Å². The first-order chi connectivity index (χ1) is 10.1. The fraction of sp³-hybridized carbons (Fsp3) is 0.562. The predicted molar refractivity (Wildman–Crippen MR) is 81.7 cm³/mol. The molecule has 21 heavy (non-hydrogen) atoms. The Morgan fingerprint density at radius 2 is 2.05 bits per heavy atom. The van der Waals surface area contributed by atoms with Gasteiger partial charge in [0.05, 0.1) is 20.8 Å². The molecule has 1 aromatic carbocycles. The Bertz CT molecular complexity index is 446. The number of rotatable bonds is 9. The lowest BCUT2D eigenvalue weighted by Gasteiger charge is -2.16. The molecule has 0 amide bonds. The zero-order valence-electron chi connectivity index (χ0n) is 13.3. The molecule has 0 saturated carbocycles. The number of hydrogen-bond donors (Lipinski definition) is 1. The molecule has 0 saturated heterocycles. The van der Waals surface area contributed by atoms with Gasteiger partial charge in [-0.2, -0.15) is 0 Å². The van der Waals surface area contributed by atoms with Gasteiger partial charge in [0.25, 0.3) is 0 Å². The van der Waals surface area contributed by atoms with Crippen LogP contribution in [0.15, 0.2) is 18.2 Å². The number of methoxy groups -OCH3 is 2. The maximum atomic E-state index is 11.1. The molecular formula is C16H25NO4. The van der Waals surface area contributed by atoms with Crippen LogP contribution in [0.25, 0.3) is 0 Å². The molecule has 0 aliphatic rings. The van der Waals surface area contributed by atoms with Crippen LogP contribution in [0.2, 0.25) is 0 Å². The summed E-state index contributed by atoms with van der Waals surface area (Å²) in [5.74, 6) is 1.22. The summed E-state index contributed by atoms with van der Waals surface area (Å²) in [6.07, 6.45) is 0.965. The number of nitrogens with one attached hydrogen (secondary N) is 1. The summed E-state index contributed by atoms with van der Waals surface area (Å²) in [4.78, 5) is 11.1. The predicted octanol–water partition coefficient (Wildman–Crippen LogP) is 2.53. The van der Waals surface area contributed by atoms with Crippen molar-refractivity contribution in [3.63, 3.8) is 0 Å². The Labute approximate surface area is 126 Å². The molecule has 5 nitrogen and oxygen atoms in total. The van der Waals surface area contributed by atoms with E-state index in [1.165, 1.54) is 7.11 Å². The van der Waals surface area contributed by atoms with Gasteiger partial charge in [0.15, 0.2) is 11.5 Å². The Morgan fingerprint density at radius 1 is 1.29 bits per heavy atom. The molecule has 5 heteroatoms. The van der Waals surface area contributed by atoms with Gasteiger partial charge in [-0.1, -0.05) is 26.0 Å². The van der Waals surface area contributed by atoms with Crippen molar-refractivity contribution in [1.82, 2.24) is 5.32 Å². The van der Waals surface area contributed by atoms with Crippen molar-refractivity contribution in [3.05, 3.63) is 23.8 Å². The average Bonchev–Trinajstić information content (AvgIpc) is 2.49. The minimum absolute atomic E-state index is 0.222. The molecule has 1 N–H and O–H groups in total. The third-order valence-electron chi connectivity index (χ3n) is 2.98. The Hall–Kier alpha value is -1.75. The Kier molecular flexibility index (Phi) is 7.61. The van der Waals surface area contributed by atoms with E-state index < -0.39 is 0 Å². The lowest BCUT2D eigenvalue weighted by Crippen LogP contribution is -2.22. The van der Waals surface area contributed by atoms with E-state index in [0.717, 1.165) is 11.3 Å². The lowest BCUT2D eigenvalue weighted by molar-refractivity contribution is -0.140. The van der Waals surface area contributed by atoms with Crippen molar-refractivity contribution >= 4 is 5.97 Å². The zero-order valence-corrected chi connectivity index (χ0v) is 13.3. The quantitative estimate of drug-likeness (QED) is 0.560. The van der Waals surface area contributed by atoms with Gasteiger partial charge in [-0.15, -0.1) is 0 Å². The molecule has 0 aromatic heterocycles. The van der Waals surface area contributed by atoms with Crippen LogP contribution in [0.3, 0.4) is 0 Å². The van der Waals surface area contributed by atoms with Crippen LogP contribution in [0.5, 0.6) is 11.5 Å². The molecular weight excluding hydrogens is 270 g/mol. The lowest BCUT2D eigenvalue weighted by atomic mass is 10.1. The van der Waals surface area contributed by atoms with Crippen LogP contribution in [0, 0.1) is 0 Å². The topological polar surface area (TPSA) is 56.8 Å². The van der Waals surface area contributed by atoms with E-state index in [1.54, 1.807) is 7.11 Å². The van der Waals surface area contributed by atoms with Crippen molar-refractivity contribution in [1.29, 1.82) is 0 Å². The van der Waals surface area contributed by atoms with Gasteiger partial charge in [0, 0.05) is 24.6 Å². The molecule has 0 unspecified atom stereocenters. The van der Waals surface area contributed by atoms with E-state index in [-0.39, 0.29) is 5.97 Å². The van der Waals surface area contributed by atoms with E-state index in [0.29, 0.717) is 37.8 Å². The number of hydrogen-bond acceptors (Lipinski definition) is 5. The third kappa shape index (κ3) is 6.04. The van der Waals surface area contributed by atoms with Crippen molar-refractivity contribution < 1.29 is 19.0 Å². The summed E-state index contributed by atoms with van der Waals surface area (Å²) >= 11 is 0. The molecule has 0 aliphatic heterocycles. The molecule has 0 heterocycles. The SMILES string of the molecule is COC(=O)CCCOc1c(CNC(C)C)cccc1OC. The van der Waals surface area contributed by atoms with Gasteiger partial charge < -0.3 is 19.5 Å². The average molecular weight is 295 g/mol. The van der Waals surface area contributed by atoms with E-state index in [4.69, 9.17) is 9.47 Å². The van der Waals surface area contributed by atoms with Gasteiger partial charge in [-0.05, 0) is 12.5 Å². The number of ether oxygens (including phenoxy) is 3. The third-order valence-corrected chi connectivity index (χ3v) is 2.98. The molecule has 0 spiro atoms. The summed E-state index contributed by atoms with van der Waals surface area (Å²) < 4.78 is 15.8. The van der Waals surface area contributed by atoms with Gasteiger partial charge in [0.2, 0.25) is 0 Å². The van der Waals surface area contributed by atoms with E-state index in [2.05, 4.69) is 23.9 Å². The summed E-state index contributed by atoms with van der Waals surface area (Å²) in [6, 6.07) is 6.21. The fourth-order valence-corrected chi connectivity index (χ4v) is 1.83. The van der Waals surface area contributed by atoms with Gasteiger partial charge >= 0.3 is 5.97 Å². The highest BCUT2D eigenvalue weighted by Crippen LogP contribution is 2.31. The zero-order chi connectivity index (χ0) is 15.7. The van der Waals surface area contributed by atoms with Crippen molar-refractivity contribution in [2.24, 2.45) is 0 Å². The second-order valence-electron chi connectivity index (χ2n) is 5.01. The Balaban J connectivity index is 2.66. The maximum absolute atomic E-state index is 11.1. The van der Waals surface area contributed by atoms with Crippen LogP contribution >= 0.6 is 0 Å². The summed E-state index contributed by atoms with van der Waals surface area (Å²) in [5.41, 5.74) is 1.04. The first-order valence-corrected chi connectivity index (χ1v) is 7.17. The molecule has 0 aliphatic carbocycles. The molecule has 0 atom stereocenters. The number of esters is 1. The summed E-state index contributed by atoms with van der Waals surface area (Å²) in [6.45, 7) is 5.35. The largest absolute Gasteiger partial charge is 0.493 e. The normalized spacial score (nSPS) is 10.5. The highest BCUT2D eigenvalue weighted by Gasteiger charge is 2.11. The van der Waals surface area contributed by atoms with Crippen LogP contribution in [-0.2, 0) is 16.1 Å². The van der Waals surface area contributed by atoms with Gasteiger partial charge in [0.1, 0.15) is 0 Å². The highest BCUT2D eigenvalue weighted by atomic mass is 16.5. The van der Waals surface area contributed by atoms with Crippen molar-refractivity contribution in [2.75, 3.05) is 20.8 Å². The van der Waals surface area contributed by atoms with Crippen LogP contribution in [0.1, 0.15) is 32.3 Å². The van der Waals surface area contributed by atoms with Crippen molar-refractivity contribution in [3.8, 4) is 11.5 Å². The smallest absolute Gasteiger partial charge is 0.305 e. The van der Waals surface area contributed by atoms with Crippen LogP contribution < -0.4 is 14.8 Å².